The van der Waals surface area contributed by atoms with Crippen LogP contribution >= 0.6 is 0 Å². The summed E-state index contributed by atoms with van der Waals surface area (Å²) >= 11 is 0. The van der Waals surface area contributed by atoms with Crippen LogP contribution in [0.4, 0.5) is 11.4 Å². The maximum atomic E-state index is 5.82. The highest BCUT2D eigenvalue weighted by atomic mass is 15.3. The molecule has 84 valence electrons. The van der Waals surface area contributed by atoms with E-state index in [2.05, 4.69) is 15.4 Å². The van der Waals surface area contributed by atoms with Crippen molar-refractivity contribution in [3.05, 3.63) is 35.9 Å². The maximum absolute atomic E-state index is 5.82. The summed E-state index contributed by atoms with van der Waals surface area (Å²) in [6.45, 7) is 2.59. The first-order chi connectivity index (χ1) is 7.65. The Hall–Kier alpha value is -2.04. The molecule has 0 aliphatic carbocycles. The molecule has 0 aliphatic heterocycles. The van der Waals surface area contributed by atoms with Gasteiger partial charge < -0.3 is 11.1 Å². The van der Waals surface area contributed by atoms with E-state index in [4.69, 9.17) is 5.73 Å². The lowest BCUT2D eigenvalue weighted by Gasteiger charge is -2.06. The highest BCUT2D eigenvalue weighted by Gasteiger charge is 2.00. The van der Waals surface area contributed by atoms with Crippen molar-refractivity contribution >= 4 is 11.4 Å². The van der Waals surface area contributed by atoms with Crippen LogP contribution < -0.4 is 11.1 Å². The average Bonchev–Trinajstić information content (AvgIpc) is 2.66. The fourth-order valence-corrected chi connectivity index (χ4v) is 1.40. The third-order valence-electron chi connectivity index (χ3n) is 2.38. The van der Waals surface area contributed by atoms with Gasteiger partial charge in [0.2, 0.25) is 0 Å². The van der Waals surface area contributed by atoms with Gasteiger partial charge in [0.1, 0.15) is 6.33 Å². The Morgan fingerprint density at radius 1 is 1.44 bits per heavy atom. The Kier molecular flexibility index (Phi) is 2.76. The molecule has 1 aromatic heterocycles. The first-order valence-electron chi connectivity index (χ1n) is 5.09. The van der Waals surface area contributed by atoms with Crippen LogP contribution in [0.5, 0.6) is 0 Å². The zero-order valence-corrected chi connectivity index (χ0v) is 9.44. The molecule has 1 heterocycles. The second kappa shape index (κ2) is 4.22. The van der Waals surface area contributed by atoms with Crippen LogP contribution in [0.25, 0.3) is 0 Å². The van der Waals surface area contributed by atoms with Crippen molar-refractivity contribution in [3.8, 4) is 0 Å². The predicted octanol–water partition coefficient (Wildman–Crippen LogP) is 1.32. The van der Waals surface area contributed by atoms with E-state index in [9.17, 15) is 0 Å². The van der Waals surface area contributed by atoms with Crippen molar-refractivity contribution in [3.63, 3.8) is 0 Å². The molecule has 0 atom stereocenters. The zero-order chi connectivity index (χ0) is 11.5. The van der Waals surface area contributed by atoms with Gasteiger partial charge in [0.05, 0.1) is 6.54 Å². The molecule has 0 spiro atoms. The van der Waals surface area contributed by atoms with Crippen LogP contribution in [0.15, 0.2) is 24.5 Å². The monoisotopic (exact) mass is 217 g/mol. The molecule has 1 aromatic carbocycles. The fraction of sp³-hybridized carbons (Fsp3) is 0.273. The summed E-state index contributed by atoms with van der Waals surface area (Å²) in [5.74, 6) is 0.765. The molecule has 0 bridgehead atoms. The molecule has 3 N–H and O–H groups in total. The van der Waals surface area contributed by atoms with Crippen LogP contribution in [-0.4, -0.2) is 14.8 Å². The molecule has 2 aromatic rings. The summed E-state index contributed by atoms with van der Waals surface area (Å²) in [5.41, 5.74) is 8.68. The molecule has 5 heteroatoms. The Labute approximate surface area is 94.3 Å². The highest BCUT2D eigenvalue weighted by molar-refractivity contribution is 5.58. The van der Waals surface area contributed by atoms with Gasteiger partial charge in [0.25, 0.3) is 0 Å². The molecule has 0 saturated heterocycles. The van der Waals surface area contributed by atoms with E-state index >= 15 is 0 Å². The number of nitrogens with zero attached hydrogens (tertiary/aromatic N) is 3. The molecule has 16 heavy (non-hydrogen) atoms. The van der Waals surface area contributed by atoms with Crippen LogP contribution in [0.3, 0.4) is 0 Å². The molecule has 0 aliphatic rings. The summed E-state index contributed by atoms with van der Waals surface area (Å²) in [5, 5.41) is 7.40. The number of anilines is 2. The largest absolute Gasteiger partial charge is 0.398 e. The van der Waals surface area contributed by atoms with Gasteiger partial charge in [-0.05, 0) is 24.6 Å². The van der Waals surface area contributed by atoms with E-state index in [1.807, 2.05) is 32.2 Å². The molecular weight excluding hydrogens is 202 g/mol. The first-order valence-corrected chi connectivity index (χ1v) is 5.09. The molecule has 0 amide bonds. The number of hydrogen-bond acceptors (Lipinski definition) is 4. The summed E-state index contributed by atoms with van der Waals surface area (Å²) in [4.78, 5) is 4.13. The fourth-order valence-electron chi connectivity index (χ4n) is 1.40. The van der Waals surface area contributed by atoms with E-state index < -0.39 is 0 Å². The van der Waals surface area contributed by atoms with Crippen LogP contribution in [0, 0.1) is 6.92 Å². The van der Waals surface area contributed by atoms with E-state index in [1.54, 1.807) is 11.0 Å². The number of aryl methyl sites for hydroxylation is 2. The second-order valence-corrected chi connectivity index (χ2v) is 3.76. The van der Waals surface area contributed by atoms with Gasteiger partial charge in [0, 0.05) is 18.4 Å². The number of nitrogens with one attached hydrogen (secondary N) is 1. The third-order valence-corrected chi connectivity index (χ3v) is 2.38. The van der Waals surface area contributed by atoms with Crippen LogP contribution in [0.1, 0.15) is 11.4 Å². The lowest BCUT2D eigenvalue weighted by atomic mass is 10.2. The lowest BCUT2D eigenvalue weighted by molar-refractivity contribution is 0.747. The number of nitrogens with two attached hydrogens (primary N) is 1. The van der Waals surface area contributed by atoms with E-state index in [0.717, 1.165) is 22.8 Å². The molecule has 2 rings (SSSR count). The van der Waals surface area contributed by atoms with Gasteiger partial charge in [-0.1, -0.05) is 6.07 Å². The van der Waals surface area contributed by atoms with Gasteiger partial charge in [-0.25, -0.2) is 4.98 Å². The maximum Gasteiger partial charge on any atom is 0.169 e. The minimum absolute atomic E-state index is 0.601. The van der Waals surface area contributed by atoms with Crippen molar-refractivity contribution in [2.75, 3.05) is 11.1 Å². The second-order valence-electron chi connectivity index (χ2n) is 3.76. The minimum Gasteiger partial charge on any atom is -0.398 e. The predicted molar refractivity (Wildman–Crippen MR) is 63.9 cm³/mol. The summed E-state index contributed by atoms with van der Waals surface area (Å²) < 4.78 is 1.68. The minimum atomic E-state index is 0.601. The lowest BCUT2D eigenvalue weighted by Crippen LogP contribution is -2.03. The smallest absolute Gasteiger partial charge is 0.169 e. The molecule has 0 saturated carbocycles. The zero-order valence-electron chi connectivity index (χ0n) is 9.44. The summed E-state index contributed by atoms with van der Waals surface area (Å²) in [6.07, 6.45) is 1.68. The van der Waals surface area contributed by atoms with Crippen LogP contribution in [-0.2, 0) is 13.6 Å². The normalized spacial score (nSPS) is 10.4. The third kappa shape index (κ3) is 2.31. The average molecular weight is 217 g/mol. The molecule has 0 unspecified atom stereocenters. The molecule has 0 fully saturated rings. The van der Waals surface area contributed by atoms with Crippen molar-refractivity contribution in [2.24, 2.45) is 7.05 Å². The Morgan fingerprint density at radius 3 is 2.88 bits per heavy atom. The van der Waals surface area contributed by atoms with E-state index in [1.165, 1.54) is 0 Å². The van der Waals surface area contributed by atoms with Crippen molar-refractivity contribution in [1.82, 2.24) is 14.8 Å². The molecular formula is C11H15N5. The van der Waals surface area contributed by atoms with Gasteiger partial charge >= 0.3 is 0 Å². The Balaban J connectivity index is 2.02. The highest BCUT2D eigenvalue weighted by Crippen LogP contribution is 2.17. The van der Waals surface area contributed by atoms with Gasteiger partial charge in [-0.3, -0.25) is 4.68 Å². The Morgan fingerprint density at radius 2 is 2.25 bits per heavy atom. The summed E-state index contributed by atoms with van der Waals surface area (Å²) in [7, 11) is 1.85. The molecule has 0 radical (unpaired) electrons. The van der Waals surface area contributed by atoms with Gasteiger partial charge in [-0.2, -0.15) is 5.10 Å². The number of hydrogen-bond donors (Lipinski definition) is 2. The number of aromatic nitrogens is 3. The first kappa shape index (κ1) is 10.5. The van der Waals surface area contributed by atoms with Crippen molar-refractivity contribution < 1.29 is 0 Å². The van der Waals surface area contributed by atoms with Crippen molar-refractivity contribution in [1.29, 1.82) is 0 Å². The summed E-state index contributed by atoms with van der Waals surface area (Å²) in [6, 6.07) is 5.90. The van der Waals surface area contributed by atoms with Crippen molar-refractivity contribution in [2.45, 2.75) is 13.5 Å². The van der Waals surface area contributed by atoms with E-state index in [0.29, 0.717) is 6.54 Å². The van der Waals surface area contributed by atoms with Gasteiger partial charge in [-0.15, -0.1) is 0 Å². The van der Waals surface area contributed by atoms with Gasteiger partial charge in [0.15, 0.2) is 5.82 Å². The number of benzene rings is 1. The topological polar surface area (TPSA) is 68.8 Å². The molecule has 5 nitrogen and oxygen atoms in total. The van der Waals surface area contributed by atoms with Crippen LogP contribution in [0.2, 0.25) is 0 Å². The quantitative estimate of drug-likeness (QED) is 0.761. The SMILES string of the molecule is Cc1ccc(NCc2ncn(C)n2)cc1N. The number of nitrogen functional groups attached to an aromatic ring is 1. The van der Waals surface area contributed by atoms with E-state index in [-0.39, 0.29) is 0 Å². The Bertz CT molecular complexity index is 489. The standard InChI is InChI=1S/C11H15N5/c1-8-3-4-9(5-10(8)12)13-6-11-14-7-16(2)15-11/h3-5,7,13H,6,12H2,1-2H3. The number of rotatable bonds is 3.